The third-order valence-corrected chi connectivity index (χ3v) is 2.76. The lowest BCUT2D eigenvalue weighted by atomic mass is 10.1. The summed E-state index contributed by atoms with van der Waals surface area (Å²) in [5.74, 6) is -0.400. The molecule has 0 unspecified atom stereocenters. The molecule has 1 aromatic heterocycles. The van der Waals surface area contributed by atoms with Gasteiger partial charge in [0.2, 0.25) is 0 Å². The number of nitrogen functional groups attached to an aromatic ring is 1. The molecule has 0 spiro atoms. The Hall–Kier alpha value is -1.88. The second kappa shape index (κ2) is 5.64. The number of hydrogen-bond donors (Lipinski definition) is 3. The highest BCUT2D eigenvalue weighted by molar-refractivity contribution is 5.98. The minimum Gasteiger partial charge on any atom is -0.398 e. The lowest BCUT2D eigenvalue weighted by Crippen LogP contribution is -2.06. The summed E-state index contributed by atoms with van der Waals surface area (Å²) in [5, 5.41) is 12.4. The lowest BCUT2D eigenvalue weighted by Gasteiger charge is -2.11. The first kappa shape index (κ1) is 12.6. The highest BCUT2D eigenvalue weighted by Crippen LogP contribution is 2.29. The second-order valence-electron chi connectivity index (χ2n) is 4.08. The van der Waals surface area contributed by atoms with Crippen LogP contribution < -0.4 is 11.1 Å². The molecule has 4 N–H and O–H groups in total. The Bertz CT molecular complexity index is 545. The molecule has 96 valence electrons. The molecule has 0 bridgehead atoms. The Kier molecular flexibility index (Phi) is 3.94. The third-order valence-electron chi connectivity index (χ3n) is 2.76. The van der Waals surface area contributed by atoms with Crippen molar-refractivity contribution in [1.82, 2.24) is 4.98 Å². The summed E-state index contributed by atoms with van der Waals surface area (Å²) < 4.78 is 13.9. The van der Waals surface area contributed by atoms with Gasteiger partial charge in [0, 0.05) is 30.4 Å². The van der Waals surface area contributed by atoms with Gasteiger partial charge in [-0.15, -0.1) is 0 Å². The topological polar surface area (TPSA) is 71.2 Å². The van der Waals surface area contributed by atoms with E-state index in [9.17, 15) is 4.39 Å². The molecule has 0 atom stereocenters. The molecule has 0 aliphatic rings. The molecule has 0 fully saturated rings. The molecule has 1 aromatic carbocycles. The molecule has 0 radical (unpaired) electrons. The number of aromatic nitrogens is 1. The number of hydrogen-bond acceptors (Lipinski definition) is 4. The molecule has 0 saturated carbocycles. The summed E-state index contributed by atoms with van der Waals surface area (Å²) in [4.78, 5) is 4.17. The maximum atomic E-state index is 13.9. The van der Waals surface area contributed by atoms with E-state index in [1.54, 1.807) is 12.3 Å². The number of aliphatic hydroxyl groups excluding tert-OH is 1. The van der Waals surface area contributed by atoms with Crippen molar-refractivity contribution in [2.75, 3.05) is 24.2 Å². The Morgan fingerprint density at radius 3 is 3.00 bits per heavy atom. The minimum absolute atomic E-state index is 0.144. The van der Waals surface area contributed by atoms with Gasteiger partial charge in [-0.1, -0.05) is 0 Å². The molecule has 4 nitrogen and oxygen atoms in total. The van der Waals surface area contributed by atoms with Gasteiger partial charge in [0.05, 0.1) is 11.2 Å². The van der Waals surface area contributed by atoms with E-state index >= 15 is 0 Å². The van der Waals surface area contributed by atoms with Crippen LogP contribution in [0.1, 0.15) is 12.8 Å². The first-order valence-electron chi connectivity index (χ1n) is 5.91. The monoisotopic (exact) mass is 249 g/mol. The number of anilines is 2. The predicted molar refractivity (Wildman–Crippen MR) is 70.9 cm³/mol. The summed E-state index contributed by atoms with van der Waals surface area (Å²) >= 11 is 0. The number of nitrogens with two attached hydrogens (primary N) is 1. The van der Waals surface area contributed by atoms with Crippen LogP contribution >= 0.6 is 0 Å². The van der Waals surface area contributed by atoms with Crippen LogP contribution in [0, 0.1) is 5.82 Å². The Balaban J connectivity index is 2.31. The summed E-state index contributed by atoms with van der Waals surface area (Å²) in [6.07, 6.45) is 3.07. The van der Waals surface area contributed by atoms with Crippen LogP contribution in [0.5, 0.6) is 0 Å². The van der Waals surface area contributed by atoms with Gasteiger partial charge in [-0.05, 0) is 31.0 Å². The molecular weight excluding hydrogens is 233 g/mol. The fourth-order valence-electron chi connectivity index (χ4n) is 1.86. The maximum Gasteiger partial charge on any atom is 0.150 e. The Morgan fingerprint density at radius 1 is 1.39 bits per heavy atom. The fourth-order valence-corrected chi connectivity index (χ4v) is 1.86. The number of aliphatic hydroxyl groups is 1. The normalized spacial score (nSPS) is 10.8. The molecule has 18 heavy (non-hydrogen) atoms. The number of benzene rings is 1. The van der Waals surface area contributed by atoms with E-state index in [2.05, 4.69) is 10.3 Å². The fraction of sp³-hybridized carbons (Fsp3) is 0.308. The molecule has 0 aliphatic carbocycles. The minimum atomic E-state index is -0.400. The zero-order valence-corrected chi connectivity index (χ0v) is 9.99. The highest BCUT2D eigenvalue weighted by atomic mass is 19.1. The van der Waals surface area contributed by atoms with Gasteiger partial charge in [0.1, 0.15) is 0 Å². The van der Waals surface area contributed by atoms with Crippen molar-refractivity contribution >= 4 is 22.3 Å². The lowest BCUT2D eigenvalue weighted by molar-refractivity contribution is 0.286. The van der Waals surface area contributed by atoms with Crippen molar-refractivity contribution in [3.8, 4) is 0 Å². The standard InChI is InChI=1S/C13H16FN3O/c14-10-8-11(15)9-4-3-6-16-12(9)13(10)17-5-1-2-7-18/h3-4,6,8,17-18H,1-2,5,7,15H2. The van der Waals surface area contributed by atoms with Gasteiger partial charge in [-0.2, -0.15) is 0 Å². The zero-order chi connectivity index (χ0) is 13.0. The largest absolute Gasteiger partial charge is 0.398 e. The summed E-state index contributed by atoms with van der Waals surface area (Å²) in [6.45, 7) is 0.734. The molecule has 2 aromatic rings. The van der Waals surface area contributed by atoms with E-state index in [-0.39, 0.29) is 6.61 Å². The summed E-state index contributed by atoms with van der Waals surface area (Å²) in [5.41, 5.74) is 7.06. The number of unbranched alkanes of at least 4 members (excludes halogenated alkanes) is 1. The van der Waals surface area contributed by atoms with Crippen LogP contribution in [0.15, 0.2) is 24.4 Å². The number of nitrogens with zero attached hydrogens (tertiary/aromatic N) is 1. The summed E-state index contributed by atoms with van der Waals surface area (Å²) in [6, 6.07) is 4.89. The van der Waals surface area contributed by atoms with E-state index < -0.39 is 5.82 Å². The van der Waals surface area contributed by atoms with E-state index in [0.29, 0.717) is 29.9 Å². The Labute approximate surface area is 105 Å². The molecule has 2 rings (SSSR count). The van der Waals surface area contributed by atoms with Gasteiger partial charge < -0.3 is 16.2 Å². The van der Waals surface area contributed by atoms with Crippen molar-refractivity contribution < 1.29 is 9.50 Å². The van der Waals surface area contributed by atoms with E-state index in [1.165, 1.54) is 6.07 Å². The number of halogens is 1. The molecule has 0 saturated heterocycles. The van der Waals surface area contributed by atoms with Gasteiger partial charge in [-0.25, -0.2) is 4.39 Å². The zero-order valence-electron chi connectivity index (χ0n) is 9.99. The third kappa shape index (κ3) is 2.51. The van der Waals surface area contributed by atoms with Crippen LogP contribution in [0.25, 0.3) is 10.9 Å². The van der Waals surface area contributed by atoms with Gasteiger partial charge >= 0.3 is 0 Å². The van der Waals surface area contributed by atoms with E-state index in [1.807, 2.05) is 6.07 Å². The van der Waals surface area contributed by atoms with Crippen molar-refractivity contribution in [2.24, 2.45) is 0 Å². The van der Waals surface area contributed by atoms with E-state index in [4.69, 9.17) is 10.8 Å². The van der Waals surface area contributed by atoms with Crippen LogP contribution in [-0.4, -0.2) is 23.2 Å². The number of pyridine rings is 1. The van der Waals surface area contributed by atoms with Crippen LogP contribution in [0.4, 0.5) is 15.8 Å². The number of rotatable bonds is 5. The van der Waals surface area contributed by atoms with Crippen molar-refractivity contribution in [2.45, 2.75) is 12.8 Å². The Morgan fingerprint density at radius 2 is 2.22 bits per heavy atom. The number of fused-ring (bicyclic) bond motifs is 1. The molecule has 0 amide bonds. The average Bonchev–Trinajstić information content (AvgIpc) is 2.38. The number of nitrogens with one attached hydrogen (secondary N) is 1. The average molecular weight is 249 g/mol. The van der Waals surface area contributed by atoms with Gasteiger partial charge in [0.15, 0.2) is 5.82 Å². The first-order valence-corrected chi connectivity index (χ1v) is 5.91. The van der Waals surface area contributed by atoms with Gasteiger partial charge in [-0.3, -0.25) is 4.98 Å². The van der Waals surface area contributed by atoms with Crippen molar-refractivity contribution in [3.63, 3.8) is 0 Å². The smallest absolute Gasteiger partial charge is 0.150 e. The molecular formula is C13H16FN3O. The predicted octanol–water partition coefficient (Wildman–Crippen LogP) is 2.14. The van der Waals surface area contributed by atoms with Crippen molar-refractivity contribution in [1.29, 1.82) is 0 Å². The second-order valence-corrected chi connectivity index (χ2v) is 4.08. The quantitative estimate of drug-likeness (QED) is 0.561. The first-order chi connectivity index (χ1) is 8.74. The van der Waals surface area contributed by atoms with Crippen LogP contribution in [0.3, 0.4) is 0 Å². The highest BCUT2D eigenvalue weighted by Gasteiger charge is 2.10. The van der Waals surface area contributed by atoms with Crippen molar-refractivity contribution in [3.05, 3.63) is 30.2 Å². The molecule has 5 heteroatoms. The van der Waals surface area contributed by atoms with E-state index in [0.717, 1.165) is 11.8 Å². The maximum absolute atomic E-state index is 13.9. The SMILES string of the molecule is Nc1cc(F)c(NCCCCO)c2ncccc12. The summed E-state index contributed by atoms with van der Waals surface area (Å²) in [7, 11) is 0. The van der Waals surface area contributed by atoms with Gasteiger partial charge in [0.25, 0.3) is 0 Å². The molecule has 0 aliphatic heterocycles. The molecule has 1 heterocycles. The van der Waals surface area contributed by atoms with Crippen LogP contribution in [0.2, 0.25) is 0 Å². The van der Waals surface area contributed by atoms with Crippen LogP contribution in [-0.2, 0) is 0 Å².